The van der Waals surface area contributed by atoms with Crippen molar-refractivity contribution in [3.8, 4) is 0 Å². The van der Waals surface area contributed by atoms with Gasteiger partial charge in [-0.25, -0.2) is 8.42 Å². The number of carboxylic acids is 1. The topological polar surface area (TPSA) is 97.3 Å². The molecule has 5 nitrogen and oxygen atoms in total. The van der Waals surface area contributed by atoms with E-state index in [4.69, 9.17) is 11.6 Å². The second-order valence-corrected chi connectivity index (χ2v) is 4.17. The van der Waals surface area contributed by atoms with Gasteiger partial charge in [-0.05, 0) is 12.1 Å². The van der Waals surface area contributed by atoms with Crippen LogP contribution in [0.15, 0.2) is 23.1 Å². The Balaban J connectivity index is 0. The molecule has 1 aromatic rings. The molecular weight excluding hydrogens is 310 g/mol. The van der Waals surface area contributed by atoms with Gasteiger partial charge in [0, 0.05) is 5.56 Å². The van der Waals surface area contributed by atoms with Gasteiger partial charge in [0.05, 0.1) is 15.9 Å². The van der Waals surface area contributed by atoms with Crippen molar-refractivity contribution in [1.29, 1.82) is 0 Å². The van der Waals surface area contributed by atoms with Gasteiger partial charge in [0.1, 0.15) is 10.1 Å². The summed E-state index contributed by atoms with van der Waals surface area (Å²) in [7, 11) is -4.62. The number of hydrogen-bond donors (Lipinski definition) is 0. The predicted molar refractivity (Wildman–Crippen MR) is 43.7 cm³/mol. The van der Waals surface area contributed by atoms with E-state index in [0.29, 0.717) is 0 Å². The van der Waals surface area contributed by atoms with Gasteiger partial charge in [-0.15, -0.1) is 0 Å². The minimum absolute atomic E-state index is 0. The number of benzene rings is 1. The summed E-state index contributed by atoms with van der Waals surface area (Å²) in [6.07, 6.45) is 0. The molecule has 0 heterocycles. The molecule has 0 bridgehead atoms. The Labute approximate surface area is 183 Å². The third-order valence-corrected chi connectivity index (χ3v) is 2.59. The molecule has 0 saturated carbocycles. The average Bonchev–Trinajstić information content (AvgIpc) is 2.01. The van der Waals surface area contributed by atoms with E-state index < -0.39 is 21.0 Å². The molecule has 1 rings (SSSR count). The van der Waals surface area contributed by atoms with Gasteiger partial charge in [-0.1, -0.05) is 17.7 Å². The summed E-state index contributed by atoms with van der Waals surface area (Å²) in [6, 6.07) is 2.54. The Morgan fingerprint density at radius 2 is 1.75 bits per heavy atom. The summed E-state index contributed by atoms with van der Waals surface area (Å²) in [4.78, 5) is 9.78. The third-order valence-electron chi connectivity index (χ3n) is 1.45. The molecule has 0 fully saturated rings. The largest absolute Gasteiger partial charge is 1.00 e. The minimum Gasteiger partial charge on any atom is -0.744 e. The van der Waals surface area contributed by atoms with E-state index in [-0.39, 0.29) is 113 Å². The van der Waals surface area contributed by atoms with Gasteiger partial charge in [0.25, 0.3) is 0 Å². The summed E-state index contributed by atoms with van der Waals surface area (Å²) in [5.41, 5.74) is -0.362. The number of aromatic carboxylic acids is 1. The number of carboxylic acid groups (broad SMARTS) is 1. The third kappa shape index (κ3) is 5.87. The normalized spacial score (nSPS) is 9.88. The average molecular weight is 313 g/mol. The molecule has 0 N–H and O–H groups in total. The van der Waals surface area contributed by atoms with Gasteiger partial charge >= 0.3 is 103 Å². The van der Waals surface area contributed by atoms with Crippen molar-refractivity contribution in [3.05, 3.63) is 28.8 Å². The summed E-state index contributed by atoms with van der Waals surface area (Å²) >= 11 is 5.41. The van der Waals surface area contributed by atoms with E-state index >= 15 is 0 Å². The van der Waals surface area contributed by atoms with Crippen molar-refractivity contribution in [3.63, 3.8) is 0 Å². The van der Waals surface area contributed by atoms with Crippen molar-refractivity contribution < 1.29 is 126 Å². The van der Waals surface area contributed by atoms with E-state index in [1.165, 1.54) is 0 Å². The van der Waals surface area contributed by atoms with Crippen LogP contribution < -0.4 is 108 Å². The minimum atomic E-state index is -4.62. The van der Waals surface area contributed by atoms with Crippen LogP contribution in [0.2, 0.25) is 5.02 Å². The Kier molecular flexibility index (Phi) is 10.7. The molecule has 0 spiro atoms. The van der Waals surface area contributed by atoms with E-state index in [2.05, 4.69) is 0 Å². The van der Waals surface area contributed by atoms with Crippen LogP contribution in [0, 0.1) is 0 Å². The van der Waals surface area contributed by atoms with Crippen molar-refractivity contribution in [1.82, 2.24) is 0 Å². The molecule has 76 valence electrons. The smallest absolute Gasteiger partial charge is 0.744 e. The van der Waals surface area contributed by atoms with E-state index in [9.17, 15) is 22.9 Å². The van der Waals surface area contributed by atoms with Crippen LogP contribution in [0.3, 0.4) is 0 Å². The van der Waals surface area contributed by atoms with Gasteiger partial charge in [-0.3, -0.25) is 0 Å². The van der Waals surface area contributed by atoms with Crippen molar-refractivity contribution >= 4 is 27.7 Å². The Hall–Kier alpha value is 2.16. The molecule has 1 aromatic carbocycles. The summed E-state index contributed by atoms with van der Waals surface area (Å²) in [6.45, 7) is 0. The van der Waals surface area contributed by atoms with Crippen LogP contribution in [-0.2, 0) is 10.1 Å². The van der Waals surface area contributed by atoms with Crippen LogP contribution in [0.5, 0.6) is 0 Å². The first-order valence-corrected chi connectivity index (χ1v) is 5.08. The fourth-order valence-electron chi connectivity index (χ4n) is 0.817. The first-order chi connectivity index (χ1) is 6.32. The fourth-order valence-corrected chi connectivity index (χ4v) is 1.64. The predicted octanol–water partition coefficient (Wildman–Crippen LogP) is -6.38. The Morgan fingerprint density at radius 1 is 1.25 bits per heavy atom. The SMILES string of the molecule is O=C([O-])c1ccc(S(=O)(=O)[O-])cc1Cl.[K+].[K+]. The summed E-state index contributed by atoms with van der Waals surface area (Å²) < 4.78 is 31.5. The molecule has 16 heavy (non-hydrogen) atoms. The maximum absolute atomic E-state index is 10.5. The van der Waals surface area contributed by atoms with Gasteiger partial charge in [0.2, 0.25) is 0 Å². The van der Waals surface area contributed by atoms with Gasteiger partial charge < -0.3 is 14.5 Å². The molecule has 0 aliphatic rings. The van der Waals surface area contributed by atoms with Crippen molar-refractivity contribution in [2.45, 2.75) is 4.90 Å². The molecule has 0 amide bonds. The Morgan fingerprint density at radius 3 is 2.06 bits per heavy atom. The van der Waals surface area contributed by atoms with Crippen LogP contribution in [0.4, 0.5) is 0 Å². The molecule has 0 aliphatic heterocycles. The fraction of sp³-hybridized carbons (Fsp3) is 0. The summed E-state index contributed by atoms with van der Waals surface area (Å²) in [5, 5.41) is 10.0. The zero-order chi connectivity index (χ0) is 10.9. The molecule has 0 atom stereocenters. The zero-order valence-corrected chi connectivity index (χ0v) is 16.4. The number of rotatable bonds is 2. The molecule has 0 saturated heterocycles. The quantitative estimate of drug-likeness (QED) is 0.400. The van der Waals surface area contributed by atoms with Crippen molar-refractivity contribution in [2.75, 3.05) is 0 Å². The molecule has 9 heteroatoms. The van der Waals surface area contributed by atoms with E-state index in [1.807, 2.05) is 0 Å². The Bertz CT molecular complexity index is 488. The van der Waals surface area contributed by atoms with Crippen LogP contribution in [0.1, 0.15) is 10.4 Å². The second-order valence-electron chi connectivity index (χ2n) is 2.38. The van der Waals surface area contributed by atoms with Crippen LogP contribution in [-0.4, -0.2) is 18.9 Å². The van der Waals surface area contributed by atoms with E-state index in [1.54, 1.807) is 0 Å². The maximum atomic E-state index is 10.5. The van der Waals surface area contributed by atoms with Gasteiger partial charge in [-0.2, -0.15) is 0 Å². The van der Waals surface area contributed by atoms with Crippen LogP contribution in [0.25, 0.3) is 0 Å². The summed E-state index contributed by atoms with van der Waals surface area (Å²) in [5.74, 6) is -1.54. The first-order valence-electron chi connectivity index (χ1n) is 3.29. The van der Waals surface area contributed by atoms with Gasteiger partial charge in [0.15, 0.2) is 0 Å². The molecule has 0 aliphatic carbocycles. The molecule has 0 aromatic heterocycles. The first kappa shape index (κ1) is 20.5. The number of carbonyl (C=O) groups is 1. The zero-order valence-electron chi connectivity index (χ0n) is 8.56. The van der Waals surface area contributed by atoms with E-state index in [0.717, 1.165) is 18.2 Å². The monoisotopic (exact) mass is 312 g/mol. The maximum Gasteiger partial charge on any atom is 1.00 e. The molecular formula is C7H3ClK2O5S. The molecule has 0 radical (unpaired) electrons. The number of hydrogen-bond acceptors (Lipinski definition) is 5. The number of carbonyl (C=O) groups excluding carboxylic acids is 1. The standard InChI is InChI=1S/C7H5ClO5S.2K/c8-6-3-4(14(11,12)13)1-2-5(6)7(9)10;;/h1-3H,(H,9,10)(H,11,12,13);;/q;2*+1/p-2. The van der Waals surface area contributed by atoms with Crippen molar-refractivity contribution in [2.24, 2.45) is 0 Å². The molecule has 0 unspecified atom stereocenters. The van der Waals surface area contributed by atoms with Crippen LogP contribution >= 0.6 is 11.6 Å². The second kappa shape index (κ2) is 8.36. The number of halogens is 1.